The smallest absolute Gasteiger partial charge is 0.161 e. The van der Waals surface area contributed by atoms with Gasteiger partial charge < -0.3 is 14.6 Å². The van der Waals surface area contributed by atoms with Crippen molar-refractivity contribution >= 4 is 0 Å². The highest BCUT2D eigenvalue weighted by Crippen LogP contribution is 2.43. The monoisotopic (exact) mass is 327 g/mol. The van der Waals surface area contributed by atoms with Crippen LogP contribution < -0.4 is 9.47 Å². The quantitative estimate of drug-likeness (QED) is 0.617. The third-order valence-electron chi connectivity index (χ3n) is 4.61. The van der Waals surface area contributed by atoms with E-state index in [0.717, 1.165) is 24.1 Å². The van der Waals surface area contributed by atoms with Gasteiger partial charge in [0.2, 0.25) is 0 Å². The number of aliphatic hydroxyl groups is 1. The molecule has 0 aromatic heterocycles. The largest absolute Gasteiger partial charge is 0.493 e. The average molecular weight is 327 g/mol. The van der Waals surface area contributed by atoms with Crippen LogP contribution in [0.15, 0.2) is 37.4 Å². The molecule has 2 atom stereocenters. The van der Waals surface area contributed by atoms with E-state index in [0.29, 0.717) is 24.5 Å². The summed E-state index contributed by atoms with van der Waals surface area (Å²) >= 11 is 0. The molecule has 0 aliphatic carbocycles. The molecule has 0 saturated heterocycles. The fourth-order valence-electron chi connectivity index (χ4n) is 3.39. The molecule has 4 nitrogen and oxygen atoms in total. The van der Waals surface area contributed by atoms with E-state index in [4.69, 9.17) is 15.9 Å². The van der Waals surface area contributed by atoms with E-state index in [9.17, 15) is 5.11 Å². The minimum atomic E-state index is -0.741. The maximum absolute atomic E-state index is 10.2. The Labute approximate surface area is 144 Å². The Hall–Kier alpha value is -2.22. The van der Waals surface area contributed by atoms with Crippen molar-refractivity contribution in [2.75, 3.05) is 27.3 Å². The predicted molar refractivity (Wildman–Crippen MR) is 96.4 cm³/mol. The van der Waals surface area contributed by atoms with Crippen molar-refractivity contribution in [3.05, 3.63) is 48.6 Å². The summed E-state index contributed by atoms with van der Waals surface area (Å²) in [4.78, 5) is 2.17. The van der Waals surface area contributed by atoms with E-state index in [1.165, 1.54) is 6.08 Å². The Morgan fingerprint density at radius 1 is 1.38 bits per heavy atom. The zero-order valence-electron chi connectivity index (χ0n) is 14.4. The number of rotatable bonds is 7. The lowest BCUT2D eigenvalue weighted by molar-refractivity contribution is 0.0828. The minimum Gasteiger partial charge on any atom is -0.493 e. The van der Waals surface area contributed by atoms with E-state index in [-0.39, 0.29) is 0 Å². The third kappa shape index (κ3) is 3.06. The number of aliphatic hydroxyl groups excluding tert-OH is 1. The molecule has 0 amide bonds. The van der Waals surface area contributed by atoms with E-state index < -0.39 is 11.6 Å². The Bertz CT molecular complexity index is 662. The topological polar surface area (TPSA) is 41.9 Å². The van der Waals surface area contributed by atoms with Crippen LogP contribution in [-0.2, 0) is 12.0 Å². The second-order valence-corrected chi connectivity index (χ2v) is 5.86. The lowest BCUT2D eigenvalue weighted by atomic mass is 9.77. The molecule has 1 aliphatic rings. The highest BCUT2D eigenvalue weighted by atomic mass is 16.5. The van der Waals surface area contributed by atoms with Crippen LogP contribution in [0.5, 0.6) is 11.5 Å². The van der Waals surface area contributed by atoms with Crippen LogP contribution in [0.1, 0.15) is 17.5 Å². The SMILES string of the molecule is C#CC1(CC(O)C=C)c2cc(OC)c(OC)cc2CCN1CC=C. The van der Waals surface area contributed by atoms with Crippen molar-refractivity contribution in [1.82, 2.24) is 4.90 Å². The maximum atomic E-state index is 10.2. The van der Waals surface area contributed by atoms with E-state index in [1.807, 2.05) is 18.2 Å². The first-order valence-electron chi connectivity index (χ1n) is 7.96. The molecular formula is C20H25NO3. The Kier molecular flexibility index (Phi) is 5.71. The van der Waals surface area contributed by atoms with Gasteiger partial charge in [-0.2, -0.15) is 0 Å². The van der Waals surface area contributed by atoms with E-state index in [1.54, 1.807) is 14.2 Å². The summed E-state index contributed by atoms with van der Waals surface area (Å²) in [6.45, 7) is 8.93. The molecule has 1 N–H and O–H groups in total. The van der Waals surface area contributed by atoms with Crippen LogP contribution in [0, 0.1) is 12.3 Å². The second-order valence-electron chi connectivity index (χ2n) is 5.86. The van der Waals surface area contributed by atoms with Gasteiger partial charge in [-0.25, -0.2) is 0 Å². The van der Waals surface area contributed by atoms with Crippen molar-refractivity contribution in [3.63, 3.8) is 0 Å². The molecule has 0 bridgehead atoms. The summed E-state index contributed by atoms with van der Waals surface area (Å²) in [5, 5.41) is 10.2. The number of terminal acetylenes is 1. The van der Waals surface area contributed by atoms with E-state index in [2.05, 4.69) is 24.0 Å². The van der Waals surface area contributed by atoms with Gasteiger partial charge in [0.15, 0.2) is 11.5 Å². The van der Waals surface area contributed by atoms with Crippen LogP contribution >= 0.6 is 0 Å². The number of fused-ring (bicyclic) bond motifs is 1. The average Bonchev–Trinajstić information content (AvgIpc) is 2.62. The number of methoxy groups -OCH3 is 2. The number of nitrogens with zero attached hydrogens (tertiary/aromatic N) is 1. The summed E-state index contributed by atoms with van der Waals surface area (Å²) in [6, 6.07) is 3.91. The fourth-order valence-corrected chi connectivity index (χ4v) is 3.39. The molecule has 0 fully saturated rings. The molecular weight excluding hydrogens is 302 g/mol. The zero-order chi connectivity index (χ0) is 17.7. The summed E-state index contributed by atoms with van der Waals surface area (Å²) < 4.78 is 10.9. The maximum Gasteiger partial charge on any atom is 0.161 e. The van der Waals surface area contributed by atoms with Crippen LogP contribution in [-0.4, -0.2) is 43.4 Å². The second kappa shape index (κ2) is 7.57. The third-order valence-corrected chi connectivity index (χ3v) is 4.61. The van der Waals surface area contributed by atoms with Crippen LogP contribution in [0.2, 0.25) is 0 Å². The molecule has 1 aliphatic heterocycles. The van der Waals surface area contributed by atoms with Gasteiger partial charge in [-0.3, -0.25) is 4.90 Å². The fraction of sp³-hybridized carbons (Fsp3) is 0.400. The molecule has 0 spiro atoms. The van der Waals surface area contributed by atoms with Gasteiger partial charge in [0.25, 0.3) is 0 Å². The van der Waals surface area contributed by atoms with Crippen LogP contribution in [0.4, 0.5) is 0 Å². The van der Waals surface area contributed by atoms with Gasteiger partial charge in [-0.15, -0.1) is 19.6 Å². The molecule has 0 radical (unpaired) electrons. The lowest BCUT2D eigenvalue weighted by Gasteiger charge is -2.45. The first-order chi connectivity index (χ1) is 11.6. The molecule has 0 saturated carbocycles. The van der Waals surface area contributed by atoms with Crippen molar-refractivity contribution in [2.24, 2.45) is 0 Å². The van der Waals surface area contributed by atoms with E-state index >= 15 is 0 Å². The normalized spacial score (nSPS) is 21.2. The summed E-state index contributed by atoms with van der Waals surface area (Å²) in [5.41, 5.74) is 1.34. The molecule has 1 aromatic rings. The van der Waals surface area contributed by atoms with Gasteiger partial charge in [0.05, 0.1) is 20.3 Å². The number of ether oxygens (including phenoxy) is 2. The molecule has 1 aromatic carbocycles. The van der Waals surface area contributed by atoms with Crippen molar-refractivity contribution in [3.8, 4) is 23.8 Å². The van der Waals surface area contributed by atoms with Crippen molar-refractivity contribution in [1.29, 1.82) is 0 Å². The first kappa shape index (κ1) is 18.1. The van der Waals surface area contributed by atoms with Crippen molar-refractivity contribution in [2.45, 2.75) is 24.5 Å². The molecule has 1 heterocycles. The number of benzene rings is 1. The lowest BCUT2D eigenvalue weighted by Crippen LogP contribution is -2.51. The Morgan fingerprint density at radius 2 is 2.04 bits per heavy atom. The zero-order valence-corrected chi connectivity index (χ0v) is 14.4. The molecule has 2 unspecified atom stereocenters. The minimum absolute atomic E-state index is 0.364. The summed E-state index contributed by atoms with van der Waals surface area (Å²) in [6.07, 6.45) is 9.85. The van der Waals surface area contributed by atoms with Gasteiger partial charge in [-0.1, -0.05) is 18.1 Å². The highest BCUT2D eigenvalue weighted by Gasteiger charge is 2.42. The van der Waals surface area contributed by atoms with Gasteiger partial charge in [-0.05, 0) is 29.7 Å². The predicted octanol–water partition coefficient (Wildman–Crippen LogP) is 2.51. The van der Waals surface area contributed by atoms with Crippen LogP contribution in [0.3, 0.4) is 0 Å². The molecule has 2 rings (SSSR count). The van der Waals surface area contributed by atoms with Crippen molar-refractivity contribution < 1.29 is 14.6 Å². The molecule has 24 heavy (non-hydrogen) atoms. The standard InChI is InChI=1S/C20H25NO3/c1-6-10-21-11-9-15-12-18(23-4)19(24-5)13-17(15)20(21,8-3)14-16(22)7-2/h3,6-7,12-13,16,22H,1-2,9-11,14H2,4-5H3. The molecule has 4 heteroatoms. The summed E-state index contributed by atoms with van der Waals surface area (Å²) in [5.74, 6) is 4.25. The first-order valence-corrected chi connectivity index (χ1v) is 7.96. The van der Waals surface area contributed by atoms with Gasteiger partial charge >= 0.3 is 0 Å². The number of hydrogen-bond donors (Lipinski definition) is 1. The number of hydrogen-bond acceptors (Lipinski definition) is 4. The van der Waals surface area contributed by atoms with Gasteiger partial charge in [0.1, 0.15) is 5.54 Å². The Balaban J connectivity index is 2.65. The Morgan fingerprint density at radius 3 is 2.58 bits per heavy atom. The highest BCUT2D eigenvalue weighted by molar-refractivity contribution is 5.53. The molecule has 128 valence electrons. The summed E-state index contributed by atoms with van der Waals surface area (Å²) in [7, 11) is 3.22. The van der Waals surface area contributed by atoms with Gasteiger partial charge in [0, 0.05) is 19.5 Å². The van der Waals surface area contributed by atoms with Crippen LogP contribution in [0.25, 0.3) is 0 Å².